The van der Waals surface area contributed by atoms with E-state index in [1.54, 1.807) is 4.68 Å². The number of hydrazine groups is 1. The Morgan fingerprint density at radius 3 is 2.92 bits per heavy atom. The van der Waals surface area contributed by atoms with Gasteiger partial charge in [0.2, 0.25) is 0 Å². The lowest BCUT2D eigenvalue weighted by atomic mass is 10.1. The highest BCUT2D eigenvalue weighted by molar-refractivity contribution is 5.09. The van der Waals surface area contributed by atoms with Crippen LogP contribution in [0.25, 0.3) is 0 Å². The van der Waals surface area contributed by atoms with Crippen LogP contribution in [0.2, 0.25) is 0 Å². The number of unbranched alkanes of at least 4 members (excludes halogenated alkanes) is 1. The summed E-state index contributed by atoms with van der Waals surface area (Å²) in [4.78, 5) is 0. The van der Waals surface area contributed by atoms with Crippen molar-refractivity contribution in [1.82, 2.24) is 15.2 Å². The summed E-state index contributed by atoms with van der Waals surface area (Å²) in [6.45, 7) is 2.18. The van der Waals surface area contributed by atoms with Gasteiger partial charge in [-0.25, -0.2) is 0 Å². The molecule has 74 valence electrons. The molecular formula is C9H18N4. The highest BCUT2D eigenvalue weighted by Gasteiger charge is 2.09. The number of aromatic nitrogens is 2. The first-order valence-electron chi connectivity index (χ1n) is 4.72. The van der Waals surface area contributed by atoms with E-state index in [4.69, 9.17) is 5.84 Å². The largest absolute Gasteiger partial charge is 0.275 e. The molecule has 0 fully saturated rings. The van der Waals surface area contributed by atoms with Gasteiger partial charge in [-0.1, -0.05) is 19.8 Å². The highest BCUT2D eigenvalue weighted by atomic mass is 15.3. The van der Waals surface area contributed by atoms with Gasteiger partial charge in [0.15, 0.2) is 0 Å². The van der Waals surface area contributed by atoms with Crippen molar-refractivity contribution in [1.29, 1.82) is 0 Å². The van der Waals surface area contributed by atoms with Gasteiger partial charge >= 0.3 is 0 Å². The van der Waals surface area contributed by atoms with Gasteiger partial charge in [-0.3, -0.25) is 16.0 Å². The summed E-state index contributed by atoms with van der Waals surface area (Å²) in [7, 11) is 1.91. The lowest BCUT2D eigenvalue weighted by Crippen LogP contribution is -2.27. The van der Waals surface area contributed by atoms with E-state index in [1.807, 2.05) is 19.4 Å². The predicted molar refractivity (Wildman–Crippen MR) is 52.8 cm³/mol. The van der Waals surface area contributed by atoms with Crippen molar-refractivity contribution in [2.45, 2.75) is 32.2 Å². The molecule has 3 N–H and O–H groups in total. The molecule has 4 heteroatoms. The Labute approximate surface area is 79.1 Å². The van der Waals surface area contributed by atoms with E-state index >= 15 is 0 Å². The molecular weight excluding hydrogens is 164 g/mol. The number of hydrogen-bond donors (Lipinski definition) is 2. The number of nitrogens with two attached hydrogens (primary N) is 1. The summed E-state index contributed by atoms with van der Waals surface area (Å²) >= 11 is 0. The van der Waals surface area contributed by atoms with Crippen LogP contribution < -0.4 is 11.3 Å². The Balaban J connectivity index is 2.56. The monoisotopic (exact) mass is 182 g/mol. The first-order chi connectivity index (χ1) is 6.27. The van der Waals surface area contributed by atoms with Crippen LogP contribution in [-0.2, 0) is 7.05 Å². The molecule has 0 saturated carbocycles. The van der Waals surface area contributed by atoms with Crippen LogP contribution in [0, 0.1) is 0 Å². The zero-order chi connectivity index (χ0) is 9.68. The highest BCUT2D eigenvalue weighted by Crippen LogP contribution is 2.17. The number of nitrogens with zero attached hydrogens (tertiary/aromatic N) is 2. The van der Waals surface area contributed by atoms with Crippen LogP contribution in [0.1, 0.15) is 37.8 Å². The summed E-state index contributed by atoms with van der Waals surface area (Å²) in [5.74, 6) is 5.47. The first-order valence-corrected chi connectivity index (χ1v) is 4.72. The Kier molecular flexibility index (Phi) is 3.92. The minimum absolute atomic E-state index is 0.244. The fourth-order valence-electron chi connectivity index (χ4n) is 1.37. The molecule has 1 heterocycles. The minimum atomic E-state index is 0.244. The van der Waals surface area contributed by atoms with Crippen molar-refractivity contribution in [3.8, 4) is 0 Å². The van der Waals surface area contributed by atoms with Gasteiger partial charge in [-0.15, -0.1) is 0 Å². The molecule has 1 atom stereocenters. The topological polar surface area (TPSA) is 55.9 Å². The van der Waals surface area contributed by atoms with Crippen LogP contribution in [0.3, 0.4) is 0 Å². The van der Waals surface area contributed by atoms with Gasteiger partial charge in [-0.2, -0.15) is 5.10 Å². The molecule has 13 heavy (non-hydrogen) atoms. The second-order valence-corrected chi connectivity index (χ2v) is 3.31. The van der Waals surface area contributed by atoms with Crippen molar-refractivity contribution < 1.29 is 0 Å². The second kappa shape index (κ2) is 4.99. The van der Waals surface area contributed by atoms with Gasteiger partial charge in [0.1, 0.15) is 0 Å². The Bertz CT molecular complexity index is 244. The fourth-order valence-corrected chi connectivity index (χ4v) is 1.37. The van der Waals surface area contributed by atoms with Crippen molar-refractivity contribution in [2.24, 2.45) is 12.9 Å². The summed E-state index contributed by atoms with van der Waals surface area (Å²) in [6.07, 6.45) is 7.31. The van der Waals surface area contributed by atoms with Crippen LogP contribution in [-0.4, -0.2) is 9.78 Å². The van der Waals surface area contributed by atoms with Gasteiger partial charge in [0, 0.05) is 24.8 Å². The van der Waals surface area contributed by atoms with Crippen LogP contribution in [0.15, 0.2) is 12.4 Å². The third kappa shape index (κ3) is 2.82. The molecule has 0 spiro atoms. The Hall–Kier alpha value is -0.870. The van der Waals surface area contributed by atoms with Crippen LogP contribution >= 0.6 is 0 Å². The maximum absolute atomic E-state index is 5.47. The maximum atomic E-state index is 5.47. The molecule has 1 unspecified atom stereocenters. The molecule has 0 aliphatic heterocycles. The normalized spacial score (nSPS) is 13.2. The van der Waals surface area contributed by atoms with Crippen molar-refractivity contribution in [2.75, 3.05) is 0 Å². The average Bonchev–Trinajstić information content (AvgIpc) is 2.54. The molecule has 0 amide bonds. The summed E-state index contributed by atoms with van der Waals surface area (Å²) < 4.78 is 1.80. The molecule has 0 aliphatic rings. The zero-order valence-corrected chi connectivity index (χ0v) is 8.33. The zero-order valence-electron chi connectivity index (χ0n) is 8.33. The second-order valence-electron chi connectivity index (χ2n) is 3.31. The predicted octanol–water partition coefficient (Wildman–Crippen LogP) is 1.11. The van der Waals surface area contributed by atoms with Crippen molar-refractivity contribution in [3.63, 3.8) is 0 Å². The maximum Gasteiger partial charge on any atom is 0.0538 e. The van der Waals surface area contributed by atoms with E-state index in [2.05, 4.69) is 17.4 Å². The molecule has 0 radical (unpaired) electrons. The van der Waals surface area contributed by atoms with E-state index in [0.29, 0.717) is 0 Å². The third-order valence-corrected chi connectivity index (χ3v) is 2.17. The smallest absolute Gasteiger partial charge is 0.0538 e. The molecule has 0 aliphatic carbocycles. The quantitative estimate of drug-likeness (QED) is 0.530. The number of nitrogens with one attached hydrogen (secondary N) is 1. The molecule has 1 aromatic heterocycles. The fraction of sp³-hybridized carbons (Fsp3) is 0.667. The first kappa shape index (κ1) is 10.2. The van der Waals surface area contributed by atoms with Crippen LogP contribution in [0.4, 0.5) is 0 Å². The molecule has 1 rings (SSSR count). The lowest BCUT2D eigenvalue weighted by molar-refractivity contribution is 0.495. The van der Waals surface area contributed by atoms with E-state index in [1.165, 1.54) is 18.4 Å². The molecule has 0 bridgehead atoms. The lowest BCUT2D eigenvalue weighted by Gasteiger charge is -2.12. The number of aryl methyl sites for hydroxylation is 1. The molecule has 1 aromatic rings. The van der Waals surface area contributed by atoms with Gasteiger partial charge in [-0.05, 0) is 6.42 Å². The van der Waals surface area contributed by atoms with Gasteiger partial charge in [0.25, 0.3) is 0 Å². The minimum Gasteiger partial charge on any atom is -0.275 e. The van der Waals surface area contributed by atoms with Gasteiger partial charge in [0.05, 0.1) is 6.20 Å². The van der Waals surface area contributed by atoms with Crippen molar-refractivity contribution >= 4 is 0 Å². The Morgan fingerprint density at radius 2 is 2.46 bits per heavy atom. The Morgan fingerprint density at radius 1 is 1.69 bits per heavy atom. The number of hydrogen-bond acceptors (Lipinski definition) is 3. The molecule has 4 nitrogen and oxygen atoms in total. The standard InChI is InChI=1S/C9H18N4/c1-3-4-5-9(12-10)8-6-11-13(2)7-8/h6-7,9,12H,3-5,10H2,1-2H3. The van der Waals surface area contributed by atoms with Crippen molar-refractivity contribution in [3.05, 3.63) is 18.0 Å². The van der Waals surface area contributed by atoms with Gasteiger partial charge < -0.3 is 0 Å². The summed E-state index contributed by atoms with van der Waals surface area (Å²) in [5, 5.41) is 4.11. The summed E-state index contributed by atoms with van der Waals surface area (Å²) in [6, 6.07) is 0.244. The molecule has 0 saturated heterocycles. The third-order valence-electron chi connectivity index (χ3n) is 2.17. The van der Waals surface area contributed by atoms with E-state index in [0.717, 1.165) is 6.42 Å². The summed E-state index contributed by atoms with van der Waals surface area (Å²) in [5.41, 5.74) is 3.98. The SMILES string of the molecule is CCCCC(NN)c1cnn(C)c1. The van der Waals surface area contributed by atoms with E-state index in [9.17, 15) is 0 Å². The average molecular weight is 182 g/mol. The molecule has 0 aromatic carbocycles. The van der Waals surface area contributed by atoms with E-state index < -0.39 is 0 Å². The van der Waals surface area contributed by atoms with Crippen LogP contribution in [0.5, 0.6) is 0 Å². The number of rotatable bonds is 5. The van der Waals surface area contributed by atoms with E-state index in [-0.39, 0.29) is 6.04 Å².